The molecule has 92 valence electrons. The minimum absolute atomic E-state index is 0.257. The number of hydrogen-bond acceptors (Lipinski definition) is 3. The smallest absolute Gasteiger partial charge is 0.268 e. The van der Waals surface area contributed by atoms with Crippen LogP contribution in [0, 0.1) is 0 Å². The van der Waals surface area contributed by atoms with Gasteiger partial charge in [-0.25, -0.2) is 4.98 Å². The molecule has 0 aliphatic carbocycles. The fourth-order valence-electron chi connectivity index (χ4n) is 1.34. The van der Waals surface area contributed by atoms with Crippen LogP contribution in [-0.2, 0) is 0 Å². The lowest BCUT2D eigenvalue weighted by atomic mass is 10.2. The zero-order chi connectivity index (χ0) is 12.8. The van der Waals surface area contributed by atoms with Crippen LogP contribution in [0.1, 0.15) is 5.56 Å². The number of nitrogens with one attached hydrogen (secondary N) is 1. The molecule has 0 unspecified atom stereocenters. The predicted molar refractivity (Wildman–Crippen MR) is 73.5 cm³/mol. The largest absolute Gasteiger partial charge is 0.472 e. The van der Waals surface area contributed by atoms with Crippen LogP contribution in [0.2, 0.25) is 0 Å². The minimum Gasteiger partial charge on any atom is -0.472 e. The molecule has 1 heterocycles. The molecule has 0 spiro atoms. The molecule has 0 radical (unpaired) electrons. The summed E-state index contributed by atoms with van der Waals surface area (Å²) in [6, 6.07) is 9.89. The van der Waals surface area contributed by atoms with E-state index in [0.29, 0.717) is 11.1 Å². The first kappa shape index (κ1) is 12.6. The van der Waals surface area contributed by atoms with Gasteiger partial charge in [0.05, 0.1) is 6.33 Å². The Morgan fingerprint density at radius 2 is 2.11 bits per heavy atom. The molecule has 0 fully saturated rings. The fourth-order valence-corrected chi connectivity index (χ4v) is 1.67. The maximum absolute atomic E-state index is 11.3. The van der Waals surface area contributed by atoms with Crippen LogP contribution in [0.3, 0.4) is 0 Å². The summed E-state index contributed by atoms with van der Waals surface area (Å²) < 4.78 is 5.68. The van der Waals surface area contributed by atoms with Crippen molar-refractivity contribution in [3.05, 3.63) is 63.1 Å². The van der Waals surface area contributed by atoms with Crippen molar-refractivity contribution in [2.75, 3.05) is 6.61 Å². The predicted octanol–water partition coefficient (Wildman–Crippen LogP) is 2.62. The third-order valence-electron chi connectivity index (χ3n) is 2.19. The van der Waals surface area contributed by atoms with E-state index in [9.17, 15) is 4.79 Å². The highest BCUT2D eigenvalue weighted by molar-refractivity contribution is 9.10. The van der Waals surface area contributed by atoms with Gasteiger partial charge in [0, 0.05) is 0 Å². The second-order valence-electron chi connectivity index (χ2n) is 3.47. The summed E-state index contributed by atoms with van der Waals surface area (Å²) in [6.07, 6.45) is 5.12. The molecular formula is C13H11BrN2O2. The van der Waals surface area contributed by atoms with Crippen LogP contribution in [0.4, 0.5) is 0 Å². The van der Waals surface area contributed by atoms with Crippen molar-refractivity contribution in [1.29, 1.82) is 0 Å². The standard InChI is InChI=1S/C13H11BrN2O2/c14-11-12(17)15-9-16-13(11)18-8-4-7-10-5-2-1-3-6-10/h1-7,9H,8H2,(H,15,16,17)/b7-4+. The first-order valence-electron chi connectivity index (χ1n) is 5.35. The van der Waals surface area contributed by atoms with E-state index in [1.54, 1.807) is 0 Å². The van der Waals surface area contributed by atoms with Crippen LogP contribution >= 0.6 is 15.9 Å². The lowest BCUT2D eigenvalue weighted by molar-refractivity contribution is 0.345. The van der Waals surface area contributed by atoms with Gasteiger partial charge in [0.1, 0.15) is 11.1 Å². The summed E-state index contributed by atoms with van der Waals surface area (Å²) in [5.41, 5.74) is 0.839. The number of aromatic amines is 1. The number of H-pyrrole nitrogens is 1. The van der Waals surface area contributed by atoms with Gasteiger partial charge < -0.3 is 9.72 Å². The van der Waals surface area contributed by atoms with E-state index in [0.717, 1.165) is 5.56 Å². The molecule has 0 aliphatic heterocycles. The summed E-state index contributed by atoms with van der Waals surface area (Å²) >= 11 is 3.12. The zero-order valence-corrected chi connectivity index (χ0v) is 11.1. The van der Waals surface area contributed by atoms with E-state index in [1.807, 2.05) is 42.5 Å². The molecule has 1 N–H and O–H groups in total. The molecule has 0 atom stereocenters. The van der Waals surface area contributed by atoms with Crippen molar-refractivity contribution in [1.82, 2.24) is 9.97 Å². The van der Waals surface area contributed by atoms with Crippen molar-refractivity contribution in [3.63, 3.8) is 0 Å². The molecule has 0 saturated heterocycles. The van der Waals surface area contributed by atoms with E-state index in [1.165, 1.54) is 6.33 Å². The topological polar surface area (TPSA) is 55.0 Å². The number of nitrogens with zero attached hydrogens (tertiary/aromatic N) is 1. The molecule has 5 heteroatoms. The van der Waals surface area contributed by atoms with Gasteiger partial charge in [-0.1, -0.05) is 36.4 Å². The molecule has 2 rings (SSSR count). The molecule has 0 saturated carbocycles. The van der Waals surface area contributed by atoms with Crippen LogP contribution < -0.4 is 10.3 Å². The van der Waals surface area contributed by atoms with E-state index in [-0.39, 0.29) is 11.4 Å². The lowest BCUT2D eigenvalue weighted by Gasteiger charge is -2.02. The molecule has 0 amide bonds. The highest BCUT2D eigenvalue weighted by Crippen LogP contribution is 2.15. The highest BCUT2D eigenvalue weighted by atomic mass is 79.9. The second kappa shape index (κ2) is 6.16. The number of ether oxygens (including phenoxy) is 1. The summed E-state index contributed by atoms with van der Waals surface area (Å²) in [6.45, 7) is 0.351. The summed E-state index contributed by atoms with van der Waals surface area (Å²) in [5, 5.41) is 0. The Kier molecular flexibility index (Phi) is 4.30. The van der Waals surface area contributed by atoms with Crippen molar-refractivity contribution in [2.24, 2.45) is 0 Å². The fraction of sp³-hybridized carbons (Fsp3) is 0.0769. The number of aromatic nitrogens is 2. The van der Waals surface area contributed by atoms with Crippen molar-refractivity contribution < 1.29 is 4.74 Å². The first-order chi connectivity index (χ1) is 8.77. The van der Waals surface area contributed by atoms with E-state index in [2.05, 4.69) is 25.9 Å². The number of benzene rings is 1. The number of halogens is 1. The van der Waals surface area contributed by atoms with Crippen LogP contribution in [0.5, 0.6) is 5.88 Å². The molecular weight excluding hydrogens is 296 g/mol. The number of hydrogen-bond donors (Lipinski definition) is 1. The average molecular weight is 307 g/mol. The Bertz CT molecular complexity index is 593. The van der Waals surface area contributed by atoms with Crippen LogP contribution in [0.25, 0.3) is 6.08 Å². The molecule has 18 heavy (non-hydrogen) atoms. The lowest BCUT2D eigenvalue weighted by Crippen LogP contribution is -2.09. The van der Waals surface area contributed by atoms with Gasteiger partial charge in [0.2, 0.25) is 5.88 Å². The maximum Gasteiger partial charge on any atom is 0.268 e. The third-order valence-corrected chi connectivity index (χ3v) is 2.89. The molecule has 4 nitrogen and oxygen atoms in total. The van der Waals surface area contributed by atoms with Gasteiger partial charge in [-0.3, -0.25) is 4.79 Å². The summed E-state index contributed by atoms with van der Waals surface area (Å²) in [4.78, 5) is 17.6. The molecule has 0 aliphatic rings. The third kappa shape index (κ3) is 3.30. The molecule has 2 aromatic rings. The van der Waals surface area contributed by atoms with Crippen molar-refractivity contribution >= 4 is 22.0 Å². The van der Waals surface area contributed by atoms with Crippen molar-refractivity contribution in [3.8, 4) is 5.88 Å². The Labute approximate surface area is 112 Å². The maximum atomic E-state index is 11.3. The van der Waals surface area contributed by atoms with Crippen molar-refractivity contribution in [2.45, 2.75) is 0 Å². The zero-order valence-electron chi connectivity index (χ0n) is 9.47. The normalized spacial score (nSPS) is 10.7. The Balaban J connectivity index is 1.95. The first-order valence-corrected chi connectivity index (χ1v) is 6.14. The van der Waals surface area contributed by atoms with Gasteiger partial charge >= 0.3 is 0 Å². The van der Waals surface area contributed by atoms with E-state index in [4.69, 9.17) is 4.74 Å². The quantitative estimate of drug-likeness (QED) is 0.944. The van der Waals surface area contributed by atoms with Crippen LogP contribution in [0.15, 0.2) is 52.0 Å². The van der Waals surface area contributed by atoms with Gasteiger partial charge in [-0.2, -0.15) is 0 Å². The van der Waals surface area contributed by atoms with Gasteiger partial charge in [-0.05, 0) is 27.6 Å². The van der Waals surface area contributed by atoms with Gasteiger partial charge in [0.25, 0.3) is 5.56 Å². The van der Waals surface area contributed by atoms with Gasteiger partial charge in [-0.15, -0.1) is 0 Å². The summed E-state index contributed by atoms with van der Waals surface area (Å²) in [5.74, 6) is 0.288. The minimum atomic E-state index is -0.257. The monoisotopic (exact) mass is 306 g/mol. The van der Waals surface area contributed by atoms with Crippen LogP contribution in [-0.4, -0.2) is 16.6 Å². The highest BCUT2D eigenvalue weighted by Gasteiger charge is 2.04. The van der Waals surface area contributed by atoms with E-state index >= 15 is 0 Å². The molecule has 1 aromatic carbocycles. The second-order valence-corrected chi connectivity index (χ2v) is 4.27. The molecule has 1 aromatic heterocycles. The Morgan fingerprint density at radius 1 is 1.33 bits per heavy atom. The SMILES string of the molecule is O=c1[nH]cnc(OC/C=C/c2ccccc2)c1Br. The molecule has 0 bridgehead atoms. The van der Waals surface area contributed by atoms with E-state index < -0.39 is 0 Å². The van der Waals surface area contributed by atoms with Gasteiger partial charge in [0.15, 0.2) is 0 Å². The Morgan fingerprint density at radius 3 is 2.89 bits per heavy atom. The number of rotatable bonds is 4. The Hall–Kier alpha value is -1.88. The average Bonchev–Trinajstić information content (AvgIpc) is 2.40. The summed E-state index contributed by atoms with van der Waals surface area (Å²) in [7, 11) is 0.